The number of carboxylic acid groups (broad SMARTS) is 1. The van der Waals surface area contributed by atoms with E-state index in [0.29, 0.717) is 12.1 Å². The summed E-state index contributed by atoms with van der Waals surface area (Å²) in [5.74, 6) is -1.33. The van der Waals surface area contributed by atoms with E-state index >= 15 is 0 Å². The third-order valence-corrected chi connectivity index (χ3v) is 6.15. The van der Waals surface area contributed by atoms with E-state index in [1.54, 1.807) is 0 Å². The van der Waals surface area contributed by atoms with Crippen LogP contribution in [0.25, 0.3) is 11.1 Å². The third kappa shape index (κ3) is 5.69. The number of fused-ring (bicyclic) bond motifs is 3. The lowest BCUT2D eigenvalue weighted by molar-refractivity contribution is -0.116. The maximum absolute atomic E-state index is 12.6. The second kappa shape index (κ2) is 10.9. The molecule has 3 N–H and O–H groups in total. The Hall–Kier alpha value is -4.13. The largest absolute Gasteiger partial charge is 0.478 e. The van der Waals surface area contributed by atoms with Gasteiger partial charge in [0.25, 0.3) is 0 Å². The molecule has 35 heavy (non-hydrogen) atoms. The molecule has 0 bridgehead atoms. The third-order valence-electron chi connectivity index (χ3n) is 6.15. The predicted molar refractivity (Wildman–Crippen MR) is 134 cm³/mol. The first-order valence-electron chi connectivity index (χ1n) is 11.7. The van der Waals surface area contributed by atoms with Gasteiger partial charge in [0.1, 0.15) is 6.61 Å². The van der Waals surface area contributed by atoms with Crippen molar-refractivity contribution in [3.8, 4) is 11.1 Å². The Labute approximate surface area is 204 Å². The van der Waals surface area contributed by atoms with Crippen LogP contribution in [-0.4, -0.2) is 35.7 Å². The van der Waals surface area contributed by atoms with Gasteiger partial charge < -0.3 is 20.5 Å². The van der Waals surface area contributed by atoms with Crippen LogP contribution in [0.15, 0.2) is 72.8 Å². The van der Waals surface area contributed by atoms with Gasteiger partial charge in [-0.3, -0.25) is 4.79 Å². The van der Waals surface area contributed by atoms with E-state index in [2.05, 4.69) is 34.9 Å². The van der Waals surface area contributed by atoms with Crippen LogP contribution in [0, 0.1) is 0 Å². The van der Waals surface area contributed by atoms with Crippen LogP contribution in [0.2, 0.25) is 0 Å². The zero-order valence-corrected chi connectivity index (χ0v) is 19.5. The Morgan fingerprint density at radius 1 is 0.914 bits per heavy atom. The van der Waals surface area contributed by atoms with Crippen molar-refractivity contribution in [3.63, 3.8) is 0 Å². The molecule has 1 aliphatic rings. The summed E-state index contributed by atoms with van der Waals surface area (Å²) in [5, 5.41) is 14.6. The van der Waals surface area contributed by atoms with E-state index < -0.39 is 12.1 Å². The van der Waals surface area contributed by atoms with Gasteiger partial charge in [-0.1, -0.05) is 61.9 Å². The number of rotatable bonds is 9. The molecule has 7 heteroatoms. The smallest absolute Gasteiger partial charge is 0.407 e. The second-order valence-corrected chi connectivity index (χ2v) is 8.59. The SMILES string of the molecule is CCC[C@H](CC(=O)Nc1ccc(C(=O)O)cc1)NC(=O)OCC1c2ccccc2-c2ccccc21. The van der Waals surface area contributed by atoms with E-state index in [1.165, 1.54) is 24.3 Å². The van der Waals surface area contributed by atoms with Gasteiger partial charge in [-0.2, -0.15) is 0 Å². The summed E-state index contributed by atoms with van der Waals surface area (Å²) in [5.41, 5.74) is 5.24. The van der Waals surface area contributed by atoms with Gasteiger partial charge in [0, 0.05) is 24.1 Å². The van der Waals surface area contributed by atoms with E-state index in [9.17, 15) is 14.4 Å². The lowest BCUT2D eigenvalue weighted by Gasteiger charge is -2.19. The number of hydrogen-bond donors (Lipinski definition) is 3. The molecule has 0 saturated carbocycles. The van der Waals surface area contributed by atoms with Gasteiger partial charge in [0.15, 0.2) is 0 Å². The predicted octanol–water partition coefficient (Wildman–Crippen LogP) is 5.42. The molecule has 1 atom stereocenters. The van der Waals surface area contributed by atoms with Gasteiger partial charge in [-0.05, 0) is 52.9 Å². The zero-order chi connectivity index (χ0) is 24.8. The number of carboxylic acids is 1. The maximum atomic E-state index is 12.6. The highest BCUT2D eigenvalue weighted by molar-refractivity contribution is 5.93. The summed E-state index contributed by atoms with van der Waals surface area (Å²) in [6.07, 6.45) is 0.937. The monoisotopic (exact) mass is 472 g/mol. The Morgan fingerprint density at radius 3 is 2.09 bits per heavy atom. The molecule has 0 spiro atoms. The van der Waals surface area contributed by atoms with Crippen LogP contribution in [-0.2, 0) is 9.53 Å². The fraction of sp³-hybridized carbons (Fsp3) is 0.250. The van der Waals surface area contributed by atoms with Crippen molar-refractivity contribution in [1.29, 1.82) is 0 Å². The van der Waals surface area contributed by atoms with Crippen LogP contribution in [0.1, 0.15) is 53.6 Å². The number of carbonyl (C=O) groups excluding carboxylic acids is 2. The highest BCUT2D eigenvalue weighted by Gasteiger charge is 2.29. The highest BCUT2D eigenvalue weighted by Crippen LogP contribution is 2.44. The Bertz CT molecular complexity index is 1180. The van der Waals surface area contributed by atoms with Crippen LogP contribution < -0.4 is 10.6 Å². The van der Waals surface area contributed by atoms with Gasteiger partial charge in [-0.15, -0.1) is 0 Å². The van der Waals surface area contributed by atoms with E-state index in [-0.39, 0.29) is 36.5 Å². The minimum atomic E-state index is -1.03. The van der Waals surface area contributed by atoms with E-state index in [1.807, 2.05) is 31.2 Å². The van der Waals surface area contributed by atoms with Crippen molar-refractivity contribution in [2.45, 2.75) is 38.1 Å². The van der Waals surface area contributed by atoms with Crippen LogP contribution in [0.5, 0.6) is 0 Å². The molecule has 0 aromatic heterocycles. The van der Waals surface area contributed by atoms with Crippen molar-refractivity contribution in [1.82, 2.24) is 5.32 Å². The summed E-state index contributed by atoms with van der Waals surface area (Å²) in [6.45, 7) is 2.19. The van der Waals surface area contributed by atoms with Crippen molar-refractivity contribution in [2.75, 3.05) is 11.9 Å². The molecule has 4 rings (SSSR count). The summed E-state index contributed by atoms with van der Waals surface area (Å²) in [4.78, 5) is 36.1. The van der Waals surface area contributed by atoms with Crippen LogP contribution in [0.4, 0.5) is 10.5 Å². The molecule has 0 fully saturated rings. The molecule has 3 aromatic carbocycles. The summed E-state index contributed by atoms with van der Waals surface area (Å²) >= 11 is 0. The first-order valence-corrected chi connectivity index (χ1v) is 11.7. The zero-order valence-electron chi connectivity index (χ0n) is 19.5. The number of benzene rings is 3. The minimum absolute atomic E-state index is 0.0325. The molecule has 180 valence electrons. The van der Waals surface area contributed by atoms with Crippen molar-refractivity contribution < 1.29 is 24.2 Å². The molecule has 0 radical (unpaired) electrons. The number of aromatic carboxylic acids is 1. The number of ether oxygens (including phenoxy) is 1. The first kappa shape index (κ1) is 24.0. The Balaban J connectivity index is 1.33. The molecule has 0 saturated heterocycles. The number of anilines is 1. The van der Waals surface area contributed by atoms with Gasteiger partial charge in [0.2, 0.25) is 5.91 Å². The van der Waals surface area contributed by atoms with Crippen LogP contribution in [0.3, 0.4) is 0 Å². The Morgan fingerprint density at radius 2 is 1.51 bits per heavy atom. The molecular formula is C28H28N2O5. The lowest BCUT2D eigenvalue weighted by atomic mass is 9.98. The standard InChI is InChI=1S/C28H28N2O5/c1-2-7-20(16-26(31)29-19-14-12-18(13-15-19)27(32)33)30-28(34)35-17-25-23-10-5-3-8-21(23)22-9-4-6-11-24(22)25/h3-6,8-15,20,25H,2,7,16-17H2,1H3,(H,29,31)(H,30,34)(H,32,33)/t20-/m1/s1. The van der Waals surface area contributed by atoms with Gasteiger partial charge in [0.05, 0.1) is 5.56 Å². The molecule has 3 aromatic rings. The quantitative estimate of drug-likeness (QED) is 0.386. The topological polar surface area (TPSA) is 105 Å². The van der Waals surface area contributed by atoms with E-state index in [0.717, 1.165) is 28.7 Å². The summed E-state index contributed by atoms with van der Waals surface area (Å²) in [7, 11) is 0. The molecule has 0 heterocycles. The molecule has 1 aliphatic carbocycles. The summed E-state index contributed by atoms with van der Waals surface area (Å²) < 4.78 is 5.61. The fourth-order valence-electron chi connectivity index (χ4n) is 4.51. The average Bonchev–Trinajstić information content (AvgIpc) is 3.17. The number of amides is 2. The molecule has 0 aliphatic heterocycles. The number of carbonyl (C=O) groups is 3. The normalized spacial score (nSPS) is 12.8. The van der Waals surface area contributed by atoms with Crippen molar-refractivity contribution in [3.05, 3.63) is 89.5 Å². The number of hydrogen-bond acceptors (Lipinski definition) is 4. The lowest BCUT2D eigenvalue weighted by Crippen LogP contribution is -2.38. The molecule has 7 nitrogen and oxygen atoms in total. The van der Waals surface area contributed by atoms with Crippen molar-refractivity contribution >= 4 is 23.7 Å². The summed E-state index contributed by atoms with van der Waals surface area (Å²) in [6, 6.07) is 21.8. The maximum Gasteiger partial charge on any atom is 0.407 e. The minimum Gasteiger partial charge on any atom is -0.478 e. The van der Waals surface area contributed by atoms with Crippen molar-refractivity contribution in [2.24, 2.45) is 0 Å². The van der Waals surface area contributed by atoms with Gasteiger partial charge in [-0.25, -0.2) is 9.59 Å². The molecule has 2 amide bonds. The Kier molecular flexibility index (Phi) is 7.45. The second-order valence-electron chi connectivity index (χ2n) is 8.59. The fourth-order valence-corrected chi connectivity index (χ4v) is 4.51. The van der Waals surface area contributed by atoms with E-state index in [4.69, 9.17) is 9.84 Å². The average molecular weight is 473 g/mol. The highest BCUT2D eigenvalue weighted by atomic mass is 16.5. The first-order chi connectivity index (χ1) is 17.0. The van der Waals surface area contributed by atoms with Gasteiger partial charge >= 0.3 is 12.1 Å². The molecular weight excluding hydrogens is 444 g/mol. The molecule has 0 unspecified atom stereocenters. The van der Waals surface area contributed by atoms with Crippen LogP contribution >= 0.6 is 0 Å². The number of alkyl carbamates (subject to hydrolysis) is 1. The number of nitrogens with one attached hydrogen (secondary N) is 2.